The second-order valence-electron chi connectivity index (χ2n) is 8.53. The number of hydrogen-bond donors (Lipinski definition) is 1. The highest BCUT2D eigenvalue weighted by Gasteiger charge is 2.65. The van der Waals surface area contributed by atoms with Crippen LogP contribution in [0.25, 0.3) is 0 Å². The first-order chi connectivity index (χ1) is 16.7. The van der Waals surface area contributed by atoms with Crippen molar-refractivity contribution in [3.63, 3.8) is 0 Å². The van der Waals surface area contributed by atoms with E-state index in [9.17, 15) is 31.0 Å². The number of hydrogen-bond acceptors (Lipinski definition) is 6. The van der Waals surface area contributed by atoms with Gasteiger partial charge in [-0.2, -0.15) is 17.6 Å². The van der Waals surface area contributed by atoms with Gasteiger partial charge in [0, 0.05) is 42.6 Å². The molecule has 1 fully saturated rings. The predicted molar refractivity (Wildman–Crippen MR) is 122 cm³/mol. The molecule has 1 aromatic heterocycles. The number of aromatic nitrogens is 1. The summed E-state index contributed by atoms with van der Waals surface area (Å²) in [6.07, 6.45) is -4.04. The first-order valence-corrected chi connectivity index (χ1v) is 12.8. The van der Waals surface area contributed by atoms with Crippen LogP contribution >= 0.6 is 0 Å². The van der Waals surface area contributed by atoms with Gasteiger partial charge in [-0.25, -0.2) is 17.9 Å². The fourth-order valence-corrected chi connectivity index (χ4v) is 4.91. The molecule has 0 bridgehead atoms. The van der Waals surface area contributed by atoms with Crippen LogP contribution in [-0.2, 0) is 19.3 Å². The zero-order valence-electron chi connectivity index (χ0n) is 20.2. The maximum atomic E-state index is 14.6. The largest absolute Gasteiger partial charge is 0.490 e. The number of anilines is 1. The lowest BCUT2D eigenvalue weighted by Crippen LogP contribution is -2.47. The number of ether oxygens (including phenoxy) is 2. The van der Waals surface area contributed by atoms with E-state index in [4.69, 9.17) is 9.47 Å². The van der Waals surface area contributed by atoms with E-state index in [1.54, 1.807) is 0 Å². The molecule has 13 heteroatoms. The summed E-state index contributed by atoms with van der Waals surface area (Å²) in [5, 5.41) is 2.52. The number of nitrogens with zero attached hydrogens (tertiary/aromatic N) is 2. The van der Waals surface area contributed by atoms with Crippen molar-refractivity contribution in [2.45, 2.75) is 49.6 Å². The molecular formula is C23H26F5N3O4S. The fraction of sp³-hybridized carbons (Fsp3) is 0.478. The molecule has 1 aromatic carbocycles. The average Bonchev–Trinajstić information content (AvgIpc) is 3.09. The number of halogens is 5. The van der Waals surface area contributed by atoms with Crippen LogP contribution in [0.4, 0.5) is 27.6 Å². The zero-order valence-corrected chi connectivity index (χ0v) is 21.0. The monoisotopic (exact) mass is 535 g/mol. The van der Waals surface area contributed by atoms with Gasteiger partial charge in [-0.15, -0.1) is 0 Å². The Balaban J connectivity index is 2.09. The highest BCUT2D eigenvalue weighted by Crippen LogP contribution is 2.55. The average molecular weight is 536 g/mol. The molecule has 1 aliphatic rings. The van der Waals surface area contributed by atoms with Crippen LogP contribution in [0, 0.1) is 17.6 Å². The molecule has 2 aromatic rings. The van der Waals surface area contributed by atoms with Crippen molar-refractivity contribution in [1.82, 2.24) is 4.98 Å². The molecule has 1 aliphatic heterocycles. The molecule has 36 heavy (non-hydrogen) atoms. The molecule has 198 valence electrons. The van der Waals surface area contributed by atoms with E-state index in [0.717, 1.165) is 19.1 Å². The van der Waals surface area contributed by atoms with Crippen molar-refractivity contribution < 1.29 is 40.4 Å². The van der Waals surface area contributed by atoms with Gasteiger partial charge in [0.2, 0.25) is 5.82 Å². The van der Waals surface area contributed by atoms with Gasteiger partial charge in [0.1, 0.15) is 11.1 Å². The van der Waals surface area contributed by atoms with Crippen molar-refractivity contribution in [3.8, 4) is 5.75 Å². The molecule has 2 heterocycles. The molecule has 1 saturated heterocycles. The maximum absolute atomic E-state index is 14.6. The first kappa shape index (κ1) is 27.8. The Morgan fingerprint density at radius 3 is 2.56 bits per heavy atom. The standard InChI is InChI=1S/C23H26F5N3O4S/c1-6-34-19-14(7-8-15(24)18(19)25)17-12(2)22(3,23(26,27)28)35-20(17)21(32)31-13-9-10-30-16(11-13)36(5,33)29-4/h7-12,17,20H,6H2,1-5H3,(H,30,31,32)/t12-,17?,20?,22+,36?/m0/s1. The van der Waals surface area contributed by atoms with Crippen LogP contribution < -0.4 is 10.1 Å². The number of benzene rings is 1. The van der Waals surface area contributed by atoms with E-state index >= 15 is 0 Å². The van der Waals surface area contributed by atoms with Crippen molar-refractivity contribution in [3.05, 3.63) is 47.7 Å². The molecular weight excluding hydrogens is 509 g/mol. The summed E-state index contributed by atoms with van der Waals surface area (Å²) in [4.78, 5) is 17.3. The topological polar surface area (TPSA) is 89.9 Å². The number of amides is 1. The van der Waals surface area contributed by atoms with Gasteiger partial charge in [-0.05, 0) is 32.0 Å². The molecule has 0 aliphatic carbocycles. The van der Waals surface area contributed by atoms with Crippen molar-refractivity contribution in [2.24, 2.45) is 10.3 Å². The minimum absolute atomic E-state index is 0.0550. The van der Waals surface area contributed by atoms with Crippen LogP contribution in [-0.4, -0.2) is 52.9 Å². The van der Waals surface area contributed by atoms with Gasteiger partial charge in [0.05, 0.1) is 16.3 Å². The number of pyridine rings is 1. The maximum Gasteiger partial charge on any atom is 0.417 e. The Morgan fingerprint density at radius 1 is 1.31 bits per heavy atom. The quantitative estimate of drug-likeness (QED) is 0.531. The fourth-order valence-electron chi connectivity index (χ4n) is 4.12. The number of alkyl halides is 3. The second-order valence-corrected chi connectivity index (χ2v) is 10.9. The van der Waals surface area contributed by atoms with Crippen molar-refractivity contribution >= 4 is 21.3 Å². The number of nitrogens with one attached hydrogen (secondary N) is 1. The van der Waals surface area contributed by atoms with Crippen LogP contribution in [0.3, 0.4) is 0 Å². The summed E-state index contributed by atoms with van der Waals surface area (Å²) in [5.74, 6) is -6.92. The van der Waals surface area contributed by atoms with Crippen molar-refractivity contribution in [2.75, 3.05) is 25.2 Å². The van der Waals surface area contributed by atoms with E-state index in [1.165, 1.54) is 45.5 Å². The van der Waals surface area contributed by atoms with Gasteiger partial charge in [0.15, 0.2) is 17.2 Å². The molecule has 1 amide bonds. The van der Waals surface area contributed by atoms with E-state index in [-0.39, 0.29) is 22.9 Å². The molecule has 0 radical (unpaired) electrons. The summed E-state index contributed by atoms with van der Waals surface area (Å²) >= 11 is 0. The highest BCUT2D eigenvalue weighted by atomic mass is 32.2. The summed E-state index contributed by atoms with van der Waals surface area (Å²) in [7, 11) is -1.52. The molecule has 7 nitrogen and oxygen atoms in total. The van der Waals surface area contributed by atoms with E-state index in [1.807, 2.05) is 0 Å². The van der Waals surface area contributed by atoms with Crippen LogP contribution in [0.1, 0.15) is 32.3 Å². The lowest BCUT2D eigenvalue weighted by atomic mass is 9.77. The van der Waals surface area contributed by atoms with Gasteiger partial charge < -0.3 is 14.8 Å². The third-order valence-corrected chi connectivity index (χ3v) is 8.09. The molecule has 5 atom stereocenters. The first-order valence-electron chi connectivity index (χ1n) is 10.9. The minimum Gasteiger partial charge on any atom is -0.490 e. The number of carbonyl (C=O) groups is 1. The predicted octanol–water partition coefficient (Wildman–Crippen LogP) is 4.92. The summed E-state index contributed by atoms with van der Waals surface area (Å²) in [5.41, 5.74) is -2.82. The Bertz CT molecular complexity index is 1280. The summed E-state index contributed by atoms with van der Waals surface area (Å²) < 4.78 is 97.7. The lowest BCUT2D eigenvalue weighted by Gasteiger charge is -2.32. The van der Waals surface area contributed by atoms with Gasteiger partial charge in [-0.1, -0.05) is 13.0 Å². The van der Waals surface area contributed by atoms with Gasteiger partial charge in [-0.3, -0.25) is 4.79 Å². The SMILES string of the molecule is CCOc1c(C2C(C(=O)Nc3ccnc(S(C)(=O)=NC)c3)O[C@@](C)(C(F)(F)F)[C@H]2C)ccc(F)c1F. The van der Waals surface area contributed by atoms with Crippen LogP contribution in [0.5, 0.6) is 5.75 Å². The molecule has 1 N–H and O–H groups in total. The number of carbonyl (C=O) groups excluding carboxylic acids is 1. The minimum atomic E-state index is -4.88. The second kappa shape index (κ2) is 9.92. The van der Waals surface area contributed by atoms with E-state index < -0.39 is 62.7 Å². The summed E-state index contributed by atoms with van der Waals surface area (Å²) in [6, 6.07) is 4.49. The smallest absolute Gasteiger partial charge is 0.417 e. The van der Waals surface area contributed by atoms with Gasteiger partial charge in [0.25, 0.3) is 5.91 Å². The van der Waals surface area contributed by atoms with Crippen molar-refractivity contribution in [1.29, 1.82) is 0 Å². The molecule has 3 rings (SSSR count). The van der Waals surface area contributed by atoms with Gasteiger partial charge >= 0.3 is 6.18 Å². The third kappa shape index (κ3) is 4.90. The normalized spacial score (nSPS) is 25.8. The molecule has 0 saturated carbocycles. The van der Waals surface area contributed by atoms with Crippen LogP contribution in [0.15, 0.2) is 39.9 Å². The highest BCUT2D eigenvalue weighted by molar-refractivity contribution is 7.92. The Labute approximate surface area is 205 Å². The Morgan fingerprint density at radius 2 is 1.97 bits per heavy atom. The Hall–Kier alpha value is -2.80. The van der Waals surface area contributed by atoms with E-state index in [0.29, 0.717) is 0 Å². The van der Waals surface area contributed by atoms with Crippen LogP contribution in [0.2, 0.25) is 0 Å². The number of rotatable bonds is 6. The molecule has 3 unspecified atom stereocenters. The molecule has 0 spiro atoms. The zero-order chi connectivity index (χ0) is 27.1. The lowest BCUT2D eigenvalue weighted by molar-refractivity contribution is -0.272. The van der Waals surface area contributed by atoms with E-state index in [2.05, 4.69) is 14.7 Å². The third-order valence-electron chi connectivity index (χ3n) is 6.39. The summed E-state index contributed by atoms with van der Waals surface area (Å²) in [6.45, 7) is 3.43. The Kier molecular flexibility index (Phi) is 7.66.